The SMILES string of the molecule is COC1C(COC(C)=O)OC(Oc2ccc3[nH]c4c(C(C)=O)nccc4c3c2)C(OC(C)=O)C1OC(C)=O. The zero-order chi connectivity index (χ0) is 27.6. The van der Waals surface area contributed by atoms with Crippen molar-refractivity contribution in [1.82, 2.24) is 9.97 Å². The molecular formula is C26H28N2O10. The molecule has 0 spiro atoms. The fraction of sp³-hybridized carbons (Fsp3) is 0.423. The largest absolute Gasteiger partial charge is 0.463 e. The number of H-pyrrole nitrogens is 1. The fourth-order valence-corrected chi connectivity index (χ4v) is 4.51. The van der Waals surface area contributed by atoms with E-state index in [-0.39, 0.29) is 12.4 Å². The lowest BCUT2D eigenvalue weighted by atomic mass is 9.98. The van der Waals surface area contributed by atoms with Gasteiger partial charge >= 0.3 is 17.9 Å². The van der Waals surface area contributed by atoms with E-state index in [1.165, 1.54) is 34.8 Å². The van der Waals surface area contributed by atoms with Gasteiger partial charge in [-0.3, -0.25) is 24.2 Å². The van der Waals surface area contributed by atoms with Crippen LogP contribution in [-0.4, -0.2) is 78.1 Å². The normalized spacial score (nSPS) is 23.1. The van der Waals surface area contributed by atoms with Gasteiger partial charge in [0.15, 0.2) is 11.9 Å². The minimum atomic E-state index is -1.26. The smallest absolute Gasteiger partial charge is 0.303 e. The molecule has 0 amide bonds. The first-order valence-corrected chi connectivity index (χ1v) is 11.8. The number of carbonyl (C=O) groups excluding carboxylic acids is 4. The lowest BCUT2D eigenvalue weighted by molar-refractivity contribution is -0.289. The summed E-state index contributed by atoms with van der Waals surface area (Å²) < 4.78 is 33.8. The topological polar surface area (TPSA) is 152 Å². The zero-order valence-electron chi connectivity index (χ0n) is 21.5. The van der Waals surface area contributed by atoms with Gasteiger partial charge in [0, 0.05) is 57.3 Å². The van der Waals surface area contributed by atoms with E-state index in [2.05, 4.69) is 9.97 Å². The highest BCUT2D eigenvalue weighted by molar-refractivity contribution is 6.14. The number of hydrogen-bond donors (Lipinski definition) is 1. The number of ketones is 1. The van der Waals surface area contributed by atoms with Gasteiger partial charge in [0.1, 0.15) is 30.3 Å². The van der Waals surface area contributed by atoms with Gasteiger partial charge in [-0.1, -0.05) is 0 Å². The van der Waals surface area contributed by atoms with E-state index in [1.54, 1.807) is 30.5 Å². The Morgan fingerprint density at radius 2 is 1.63 bits per heavy atom. The van der Waals surface area contributed by atoms with Gasteiger partial charge in [-0.2, -0.15) is 0 Å². The molecule has 5 atom stereocenters. The molecule has 0 saturated carbocycles. The molecule has 5 unspecified atom stereocenters. The van der Waals surface area contributed by atoms with E-state index in [0.29, 0.717) is 17.0 Å². The van der Waals surface area contributed by atoms with Crippen LogP contribution in [0.2, 0.25) is 0 Å². The van der Waals surface area contributed by atoms with Gasteiger partial charge in [-0.15, -0.1) is 0 Å². The minimum Gasteiger partial charge on any atom is -0.463 e. The molecule has 12 heteroatoms. The van der Waals surface area contributed by atoms with Crippen molar-refractivity contribution in [2.75, 3.05) is 13.7 Å². The molecule has 1 aliphatic rings. The molecule has 2 aromatic heterocycles. The van der Waals surface area contributed by atoms with Crippen LogP contribution in [0, 0.1) is 0 Å². The molecule has 38 heavy (non-hydrogen) atoms. The molecule has 0 bridgehead atoms. The Labute approximate surface area is 217 Å². The van der Waals surface area contributed by atoms with Crippen molar-refractivity contribution in [2.45, 2.75) is 58.4 Å². The average Bonchev–Trinajstić information content (AvgIpc) is 3.22. The number of nitrogens with one attached hydrogen (secondary N) is 1. The summed E-state index contributed by atoms with van der Waals surface area (Å²) in [6.45, 7) is 4.87. The lowest BCUT2D eigenvalue weighted by Gasteiger charge is -2.44. The van der Waals surface area contributed by atoms with Crippen molar-refractivity contribution in [3.05, 3.63) is 36.2 Å². The van der Waals surface area contributed by atoms with Crippen LogP contribution in [0.1, 0.15) is 38.2 Å². The summed E-state index contributed by atoms with van der Waals surface area (Å²) in [5.74, 6) is -1.69. The monoisotopic (exact) mass is 528 g/mol. The van der Waals surface area contributed by atoms with E-state index < -0.39 is 48.6 Å². The number of aromatic amines is 1. The third kappa shape index (κ3) is 5.60. The predicted molar refractivity (Wildman–Crippen MR) is 131 cm³/mol. The quantitative estimate of drug-likeness (QED) is 0.261. The number of benzene rings is 1. The maximum atomic E-state index is 12.0. The number of fused-ring (bicyclic) bond motifs is 3. The van der Waals surface area contributed by atoms with Crippen LogP contribution in [-0.2, 0) is 38.1 Å². The molecule has 0 aliphatic carbocycles. The number of ether oxygens (including phenoxy) is 6. The number of methoxy groups -OCH3 is 1. The number of esters is 3. The number of nitrogens with zero attached hydrogens (tertiary/aromatic N) is 1. The van der Waals surface area contributed by atoms with Gasteiger partial charge in [0.2, 0.25) is 12.4 Å². The average molecular weight is 529 g/mol. The zero-order valence-corrected chi connectivity index (χ0v) is 21.5. The van der Waals surface area contributed by atoms with Crippen molar-refractivity contribution < 1.29 is 47.6 Å². The first-order valence-electron chi connectivity index (χ1n) is 11.8. The molecule has 1 aromatic carbocycles. The van der Waals surface area contributed by atoms with Crippen molar-refractivity contribution in [3.8, 4) is 5.75 Å². The Kier molecular flexibility index (Phi) is 7.93. The molecule has 1 N–H and O–H groups in total. The van der Waals surface area contributed by atoms with Crippen LogP contribution < -0.4 is 4.74 Å². The number of carbonyl (C=O) groups is 4. The first kappa shape index (κ1) is 27.0. The van der Waals surface area contributed by atoms with Crippen molar-refractivity contribution in [1.29, 1.82) is 0 Å². The van der Waals surface area contributed by atoms with E-state index in [0.717, 1.165) is 16.3 Å². The molecule has 1 saturated heterocycles. The Morgan fingerprint density at radius 1 is 0.921 bits per heavy atom. The second-order valence-corrected chi connectivity index (χ2v) is 8.78. The van der Waals surface area contributed by atoms with Crippen molar-refractivity contribution in [2.24, 2.45) is 0 Å². The lowest BCUT2D eigenvalue weighted by Crippen LogP contribution is -2.63. The molecule has 0 radical (unpaired) electrons. The molecule has 202 valence electrons. The summed E-state index contributed by atoms with van der Waals surface area (Å²) in [5, 5.41) is 1.52. The molecule has 3 aromatic rings. The molecule has 12 nitrogen and oxygen atoms in total. The van der Waals surface area contributed by atoms with Crippen molar-refractivity contribution >= 4 is 45.5 Å². The Bertz CT molecular complexity index is 1380. The minimum absolute atomic E-state index is 0.179. The highest BCUT2D eigenvalue weighted by atomic mass is 16.7. The van der Waals surface area contributed by atoms with E-state index in [9.17, 15) is 19.2 Å². The number of aromatic nitrogens is 2. The summed E-state index contributed by atoms with van der Waals surface area (Å²) in [6.07, 6.45) is -3.88. The Hall–Kier alpha value is -4.03. The highest BCUT2D eigenvalue weighted by Gasteiger charge is 2.52. The van der Waals surface area contributed by atoms with E-state index >= 15 is 0 Å². The van der Waals surface area contributed by atoms with E-state index in [4.69, 9.17) is 28.4 Å². The summed E-state index contributed by atoms with van der Waals surface area (Å²) in [6, 6.07) is 6.93. The summed E-state index contributed by atoms with van der Waals surface area (Å²) >= 11 is 0. The number of pyridine rings is 1. The van der Waals surface area contributed by atoms with Crippen LogP contribution >= 0.6 is 0 Å². The van der Waals surface area contributed by atoms with Gasteiger partial charge < -0.3 is 33.4 Å². The van der Waals surface area contributed by atoms with Gasteiger partial charge in [0.25, 0.3) is 0 Å². The van der Waals surface area contributed by atoms with Gasteiger partial charge in [-0.05, 0) is 24.3 Å². The third-order valence-corrected chi connectivity index (χ3v) is 6.00. The van der Waals surface area contributed by atoms with Crippen LogP contribution in [0.15, 0.2) is 30.5 Å². The molecular weight excluding hydrogens is 500 g/mol. The summed E-state index contributed by atoms with van der Waals surface area (Å²) in [4.78, 5) is 54.8. The Balaban J connectivity index is 1.73. The second-order valence-electron chi connectivity index (χ2n) is 8.78. The van der Waals surface area contributed by atoms with Gasteiger partial charge in [0.05, 0.1) is 5.52 Å². The van der Waals surface area contributed by atoms with Crippen LogP contribution in [0.4, 0.5) is 0 Å². The molecule has 1 aliphatic heterocycles. The Morgan fingerprint density at radius 3 is 2.26 bits per heavy atom. The number of rotatable bonds is 8. The number of hydrogen-bond acceptors (Lipinski definition) is 11. The van der Waals surface area contributed by atoms with Crippen LogP contribution in [0.5, 0.6) is 5.75 Å². The third-order valence-electron chi connectivity index (χ3n) is 6.00. The molecule has 3 heterocycles. The second kappa shape index (κ2) is 11.2. The molecule has 4 rings (SSSR count). The molecule has 1 fully saturated rings. The standard InChI is InChI=1S/C26H28N2O10/c1-12(29)21-22-17(8-9-27-21)18-10-16(6-7-19(18)28-22)37-26-25(36-15(4)32)24(35-14(3)31)23(33-5)20(38-26)11-34-13(2)30/h6-10,20,23-26,28H,11H2,1-5H3. The van der Waals surface area contributed by atoms with Crippen LogP contribution in [0.25, 0.3) is 21.8 Å². The summed E-state index contributed by atoms with van der Waals surface area (Å²) in [5.41, 5.74) is 1.65. The van der Waals surface area contributed by atoms with E-state index in [1.807, 2.05) is 0 Å². The van der Waals surface area contributed by atoms with Gasteiger partial charge in [-0.25, -0.2) is 0 Å². The highest BCUT2D eigenvalue weighted by Crippen LogP contribution is 2.33. The van der Waals surface area contributed by atoms with Crippen LogP contribution in [0.3, 0.4) is 0 Å². The maximum Gasteiger partial charge on any atom is 0.303 e. The first-order chi connectivity index (χ1) is 18.1. The fourth-order valence-electron chi connectivity index (χ4n) is 4.51. The maximum absolute atomic E-state index is 12.0. The summed E-state index contributed by atoms with van der Waals surface area (Å²) in [7, 11) is 1.37. The number of Topliss-reactive ketones (excluding diaryl/α,β-unsaturated/α-hetero) is 1. The van der Waals surface area contributed by atoms with Crippen molar-refractivity contribution in [3.63, 3.8) is 0 Å². The predicted octanol–water partition coefficient (Wildman–Crippen LogP) is 2.46.